The zero-order valence-corrected chi connectivity index (χ0v) is 15.5. The number of benzene rings is 2. The first-order valence-electron chi connectivity index (χ1n) is 7.93. The third kappa shape index (κ3) is 3.86. The number of nitrogens with zero attached hydrogens (tertiary/aromatic N) is 2. The van der Waals surface area contributed by atoms with Crippen LogP contribution in [0.1, 0.15) is 12.0 Å². The second kappa shape index (κ2) is 7.47. The molecule has 1 heterocycles. The molecular formula is C19H20N2OS2. The van der Waals surface area contributed by atoms with E-state index < -0.39 is 0 Å². The molecule has 5 heteroatoms. The summed E-state index contributed by atoms with van der Waals surface area (Å²) in [6.07, 6.45) is 2.86. The summed E-state index contributed by atoms with van der Waals surface area (Å²) in [5.41, 5.74) is 1.03. The van der Waals surface area contributed by atoms with Gasteiger partial charge in [0.2, 0.25) is 0 Å². The van der Waals surface area contributed by atoms with E-state index >= 15 is 0 Å². The van der Waals surface area contributed by atoms with Gasteiger partial charge in [0.25, 0.3) is 5.91 Å². The molecule has 1 fully saturated rings. The van der Waals surface area contributed by atoms with Crippen molar-refractivity contribution in [2.45, 2.75) is 6.42 Å². The Kier molecular flexibility index (Phi) is 5.33. The Morgan fingerprint density at radius 2 is 1.92 bits per heavy atom. The number of thioether (sulfide) groups is 1. The minimum atomic E-state index is 0.0249. The van der Waals surface area contributed by atoms with Crippen LogP contribution >= 0.6 is 24.0 Å². The summed E-state index contributed by atoms with van der Waals surface area (Å²) in [7, 11) is 4.06. The standard InChI is InChI=1S/C19H20N2OS2/c1-20(2)10-5-11-21-18(22)17(24-19(21)23)13-14-8-9-15-6-3-4-7-16(15)12-14/h3-4,6-9,12-13H,5,10-11H2,1-2H3/b17-13-. The number of fused-ring (bicyclic) bond motifs is 1. The molecule has 124 valence electrons. The predicted molar refractivity (Wildman–Crippen MR) is 107 cm³/mol. The van der Waals surface area contributed by atoms with E-state index in [9.17, 15) is 4.79 Å². The topological polar surface area (TPSA) is 23.6 Å². The van der Waals surface area contributed by atoms with Crippen molar-refractivity contribution in [3.8, 4) is 0 Å². The van der Waals surface area contributed by atoms with Crippen LogP contribution in [-0.2, 0) is 4.79 Å². The molecule has 1 aliphatic heterocycles. The van der Waals surface area contributed by atoms with Crippen molar-refractivity contribution >= 4 is 51.1 Å². The van der Waals surface area contributed by atoms with E-state index in [-0.39, 0.29) is 5.91 Å². The van der Waals surface area contributed by atoms with Crippen LogP contribution < -0.4 is 0 Å². The van der Waals surface area contributed by atoms with Gasteiger partial charge in [-0.25, -0.2) is 0 Å². The molecule has 0 spiro atoms. The second-order valence-electron chi connectivity index (χ2n) is 6.10. The van der Waals surface area contributed by atoms with E-state index in [0.717, 1.165) is 18.5 Å². The number of hydrogen-bond acceptors (Lipinski definition) is 4. The van der Waals surface area contributed by atoms with Crippen molar-refractivity contribution in [3.05, 3.63) is 52.9 Å². The zero-order chi connectivity index (χ0) is 17.1. The lowest BCUT2D eigenvalue weighted by molar-refractivity contribution is -0.122. The molecule has 0 radical (unpaired) electrons. The smallest absolute Gasteiger partial charge is 0.266 e. The van der Waals surface area contributed by atoms with Gasteiger partial charge in [-0.3, -0.25) is 9.69 Å². The third-order valence-corrected chi connectivity index (χ3v) is 5.31. The summed E-state index contributed by atoms with van der Waals surface area (Å²) in [5, 5.41) is 2.37. The number of carbonyl (C=O) groups is 1. The summed E-state index contributed by atoms with van der Waals surface area (Å²) < 4.78 is 0.658. The maximum Gasteiger partial charge on any atom is 0.266 e. The minimum absolute atomic E-state index is 0.0249. The van der Waals surface area contributed by atoms with Crippen LogP contribution in [-0.4, -0.2) is 47.2 Å². The fourth-order valence-electron chi connectivity index (χ4n) is 2.69. The Bertz CT molecular complexity index is 814. The molecule has 0 unspecified atom stereocenters. The van der Waals surface area contributed by atoms with Gasteiger partial charge in [0.15, 0.2) is 0 Å². The molecule has 0 aromatic heterocycles. The number of hydrogen-bond donors (Lipinski definition) is 0. The van der Waals surface area contributed by atoms with Gasteiger partial charge in [-0.2, -0.15) is 0 Å². The molecule has 3 rings (SSSR count). The monoisotopic (exact) mass is 356 g/mol. The van der Waals surface area contributed by atoms with E-state index in [0.29, 0.717) is 15.8 Å². The summed E-state index contributed by atoms with van der Waals surface area (Å²) in [6, 6.07) is 14.5. The SMILES string of the molecule is CN(C)CCCN1C(=O)/C(=C/c2ccc3ccccc3c2)SC1=S. The van der Waals surface area contributed by atoms with Gasteiger partial charge in [0.1, 0.15) is 4.32 Å². The molecule has 1 saturated heterocycles. The highest BCUT2D eigenvalue weighted by Crippen LogP contribution is 2.33. The summed E-state index contributed by atoms with van der Waals surface area (Å²) >= 11 is 6.78. The van der Waals surface area contributed by atoms with Crippen LogP contribution in [0.25, 0.3) is 16.8 Å². The molecule has 0 saturated carbocycles. The van der Waals surface area contributed by atoms with Gasteiger partial charge < -0.3 is 4.90 Å². The first kappa shape index (κ1) is 17.1. The molecule has 2 aromatic rings. The number of rotatable bonds is 5. The quantitative estimate of drug-likeness (QED) is 0.597. The van der Waals surface area contributed by atoms with Gasteiger partial charge in [-0.15, -0.1) is 0 Å². The number of thiocarbonyl (C=S) groups is 1. The van der Waals surface area contributed by atoms with E-state index in [2.05, 4.69) is 29.2 Å². The highest BCUT2D eigenvalue weighted by atomic mass is 32.2. The molecule has 3 nitrogen and oxygen atoms in total. The van der Waals surface area contributed by atoms with E-state index in [1.54, 1.807) is 4.90 Å². The number of amides is 1. The molecular weight excluding hydrogens is 336 g/mol. The lowest BCUT2D eigenvalue weighted by Crippen LogP contribution is -2.30. The average molecular weight is 357 g/mol. The number of carbonyl (C=O) groups excluding carboxylic acids is 1. The van der Waals surface area contributed by atoms with E-state index in [1.165, 1.54) is 22.5 Å². The lowest BCUT2D eigenvalue weighted by atomic mass is 10.1. The Morgan fingerprint density at radius 1 is 1.17 bits per heavy atom. The Hall–Kier alpha value is -1.69. The van der Waals surface area contributed by atoms with Crippen LogP contribution in [0.2, 0.25) is 0 Å². The van der Waals surface area contributed by atoms with Crippen molar-refractivity contribution in [2.75, 3.05) is 27.2 Å². The van der Waals surface area contributed by atoms with Gasteiger partial charge in [0, 0.05) is 6.54 Å². The minimum Gasteiger partial charge on any atom is -0.309 e. The van der Waals surface area contributed by atoms with Crippen molar-refractivity contribution in [3.63, 3.8) is 0 Å². The first-order chi connectivity index (χ1) is 11.5. The van der Waals surface area contributed by atoms with E-state index in [4.69, 9.17) is 12.2 Å². The van der Waals surface area contributed by atoms with Gasteiger partial charge in [-0.05, 0) is 55.5 Å². The highest BCUT2D eigenvalue weighted by Gasteiger charge is 2.31. The third-order valence-electron chi connectivity index (χ3n) is 3.93. The van der Waals surface area contributed by atoms with Crippen LogP contribution in [0.4, 0.5) is 0 Å². The predicted octanol–water partition coefficient (Wildman–Crippen LogP) is 3.99. The summed E-state index contributed by atoms with van der Waals surface area (Å²) in [4.78, 5) is 17.1. The van der Waals surface area contributed by atoms with Gasteiger partial charge >= 0.3 is 0 Å². The largest absolute Gasteiger partial charge is 0.309 e. The molecule has 0 bridgehead atoms. The van der Waals surface area contributed by atoms with Gasteiger partial charge in [0.05, 0.1) is 4.91 Å². The fraction of sp³-hybridized carbons (Fsp3) is 0.263. The Balaban J connectivity index is 1.77. The van der Waals surface area contributed by atoms with E-state index in [1.807, 2.05) is 38.4 Å². The lowest BCUT2D eigenvalue weighted by Gasteiger charge is -2.16. The molecule has 0 atom stereocenters. The zero-order valence-electron chi connectivity index (χ0n) is 13.9. The normalized spacial score (nSPS) is 16.8. The molecule has 0 N–H and O–H groups in total. The molecule has 1 aliphatic rings. The maximum atomic E-state index is 12.6. The molecule has 2 aromatic carbocycles. The Morgan fingerprint density at radius 3 is 2.67 bits per heavy atom. The van der Waals surface area contributed by atoms with Crippen molar-refractivity contribution in [1.82, 2.24) is 9.80 Å². The van der Waals surface area contributed by atoms with Crippen LogP contribution in [0, 0.1) is 0 Å². The van der Waals surface area contributed by atoms with Crippen molar-refractivity contribution < 1.29 is 4.79 Å². The van der Waals surface area contributed by atoms with Crippen LogP contribution in [0.15, 0.2) is 47.4 Å². The summed E-state index contributed by atoms with van der Waals surface area (Å²) in [6.45, 7) is 1.62. The maximum absolute atomic E-state index is 12.6. The average Bonchev–Trinajstić information content (AvgIpc) is 2.82. The molecule has 1 amide bonds. The highest BCUT2D eigenvalue weighted by molar-refractivity contribution is 8.26. The van der Waals surface area contributed by atoms with Crippen molar-refractivity contribution in [2.24, 2.45) is 0 Å². The van der Waals surface area contributed by atoms with Gasteiger partial charge in [-0.1, -0.05) is 60.4 Å². The molecule has 24 heavy (non-hydrogen) atoms. The fourth-order valence-corrected chi connectivity index (χ4v) is 4.00. The summed E-state index contributed by atoms with van der Waals surface area (Å²) in [5.74, 6) is 0.0249. The van der Waals surface area contributed by atoms with Crippen LogP contribution in [0.5, 0.6) is 0 Å². The van der Waals surface area contributed by atoms with Crippen molar-refractivity contribution in [1.29, 1.82) is 0 Å². The van der Waals surface area contributed by atoms with Crippen LogP contribution in [0.3, 0.4) is 0 Å². The molecule has 0 aliphatic carbocycles. The Labute approximate surface area is 152 Å². The first-order valence-corrected chi connectivity index (χ1v) is 9.16. The second-order valence-corrected chi connectivity index (χ2v) is 7.77.